The maximum absolute atomic E-state index is 6.76. The largest absolute Gasteiger partial charge is 0.313 e. The van der Waals surface area contributed by atoms with E-state index >= 15 is 0 Å². The molecule has 0 saturated heterocycles. The first-order valence-corrected chi connectivity index (χ1v) is 2.81. The second-order valence-electron chi connectivity index (χ2n) is 1.98. The van der Waals surface area contributed by atoms with Crippen molar-refractivity contribution in [1.82, 2.24) is 11.1 Å². The number of nitrogens with one attached hydrogen (secondary N) is 2. The van der Waals surface area contributed by atoms with E-state index in [0.29, 0.717) is 6.54 Å². The molecule has 0 spiro atoms. The number of hydrogen-bond acceptors (Lipinski definition) is 1. The monoisotopic (exact) mass is 99.1 g/mol. The van der Waals surface area contributed by atoms with Gasteiger partial charge in [0.2, 0.25) is 0 Å². The Bertz CT molecular complexity index is 50.0. The lowest BCUT2D eigenvalue weighted by atomic mass is 10.6. The van der Waals surface area contributed by atoms with Crippen molar-refractivity contribution in [2.24, 2.45) is 0 Å². The van der Waals surface area contributed by atoms with Crippen molar-refractivity contribution in [1.29, 1.82) is 0 Å². The predicted molar refractivity (Wildman–Crippen MR) is 29.0 cm³/mol. The van der Waals surface area contributed by atoms with E-state index in [4.69, 9.17) is 5.73 Å². The summed E-state index contributed by atoms with van der Waals surface area (Å²) in [5.41, 5.74) is 6.76. The van der Waals surface area contributed by atoms with Crippen LogP contribution < -0.4 is 11.1 Å². The van der Waals surface area contributed by atoms with E-state index in [-0.39, 0.29) is 0 Å². The predicted octanol–water partition coefficient (Wildman–Crippen LogP) is 0.0213. The molecule has 0 aromatic carbocycles. The van der Waals surface area contributed by atoms with E-state index in [1.54, 1.807) is 0 Å². The lowest BCUT2D eigenvalue weighted by Gasteiger charge is -1.94. The molecule has 2 N–H and O–H groups in total. The summed E-state index contributed by atoms with van der Waals surface area (Å²) in [7, 11) is 0. The van der Waals surface area contributed by atoms with Gasteiger partial charge in [0, 0.05) is 19.1 Å². The van der Waals surface area contributed by atoms with Crippen LogP contribution in [-0.2, 0) is 0 Å². The van der Waals surface area contributed by atoms with Crippen molar-refractivity contribution >= 4 is 0 Å². The molecule has 1 aliphatic carbocycles. The Kier molecular flexibility index (Phi) is 1.65. The molecule has 2 nitrogen and oxygen atoms in total. The van der Waals surface area contributed by atoms with E-state index in [1.165, 1.54) is 12.8 Å². The molecule has 7 heavy (non-hydrogen) atoms. The SMILES string of the molecule is [NH]CCNC1CC1. The van der Waals surface area contributed by atoms with Crippen molar-refractivity contribution in [3.05, 3.63) is 0 Å². The van der Waals surface area contributed by atoms with Gasteiger partial charge in [0.15, 0.2) is 0 Å². The minimum atomic E-state index is 0.524. The zero-order chi connectivity index (χ0) is 5.11. The Labute approximate surface area is 44.1 Å². The Morgan fingerprint density at radius 3 is 2.71 bits per heavy atom. The summed E-state index contributed by atoms with van der Waals surface area (Å²) in [4.78, 5) is 0. The van der Waals surface area contributed by atoms with E-state index in [9.17, 15) is 0 Å². The summed E-state index contributed by atoms with van der Waals surface area (Å²) >= 11 is 0. The Balaban J connectivity index is 1.80. The van der Waals surface area contributed by atoms with Gasteiger partial charge in [-0.1, -0.05) is 0 Å². The molecule has 41 valence electrons. The van der Waals surface area contributed by atoms with Crippen LogP contribution in [0, 0.1) is 0 Å². The second-order valence-corrected chi connectivity index (χ2v) is 1.98. The van der Waals surface area contributed by atoms with Gasteiger partial charge >= 0.3 is 0 Å². The van der Waals surface area contributed by atoms with E-state index < -0.39 is 0 Å². The molecule has 0 heterocycles. The van der Waals surface area contributed by atoms with Gasteiger partial charge in [0.05, 0.1) is 0 Å². The van der Waals surface area contributed by atoms with Gasteiger partial charge in [-0.25, -0.2) is 0 Å². The maximum atomic E-state index is 6.76. The highest BCUT2D eigenvalue weighted by molar-refractivity contribution is 4.80. The molecule has 1 saturated carbocycles. The van der Waals surface area contributed by atoms with Crippen LogP contribution in [0.5, 0.6) is 0 Å². The summed E-state index contributed by atoms with van der Waals surface area (Å²) in [6.07, 6.45) is 2.67. The highest BCUT2D eigenvalue weighted by Crippen LogP contribution is 2.17. The average Bonchev–Trinajstić information content (AvgIpc) is 2.42. The molecule has 1 fully saturated rings. The minimum Gasteiger partial charge on any atom is -0.313 e. The fourth-order valence-corrected chi connectivity index (χ4v) is 0.564. The summed E-state index contributed by atoms with van der Waals surface area (Å²) in [6.45, 7) is 1.40. The van der Waals surface area contributed by atoms with Crippen molar-refractivity contribution in [2.75, 3.05) is 13.1 Å². The highest BCUT2D eigenvalue weighted by Gasteiger charge is 2.18. The van der Waals surface area contributed by atoms with E-state index in [1.807, 2.05) is 0 Å². The van der Waals surface area contributed by atoms with Crippen molar-refractivity contribution < 1.29 is 0 Å². The second kappa shape index (κ2) is 2.28. The quantitative estimate of drug-likeness (QED) is 0.532. The topological polar surface area (TPSA) is 35.8 Å². The van der Waals surface area contributed by atoms with Gasteiger partial charge in [0.1, 0.15) is 0 Å². The molecule has 0 aromatic heterocycles. The van der Waals surface area contributed by atoms with Crippen LogP contribution in [-0.4, -0.2) is 19.1 Å². The summed E-state index contributed by atoms with van der Waals surface area (Å²) < 4.78 is 0. The van der Waals surface area contributed by atoms with Gasteiger partial charge in [-0.05, 0) is 12.8 Å². The van der Waals surface area contributed by atoms with Crippen molar-refractivity contribution in [2.45, 2.75) is 18.9 Å². The van der Waals surface area contributed by atoms with Crippen LogP contribution in [0.2, 0.25) is 0 Å². The minimum absolute atomic E-state index is 0.524. The first-order chi connectivity index (χ1) is 3.43. The molecule has 1 aliphatic rings. The van der Waals surface area contributed by atoms with Crippen LogP contribution in [0.1, 0.15) is 12.8 Å². The van der Waals surface area contributed by atoms with Gasteiger partial charge in [-0.2, -0.15) is 0 Å². The van der Waals surface area contributed by atoms with Crippen molar-refractivity contribution in [3.8, 4) is 0 Å². The zero-order valence-corrected chi connectivity index (χ0v) is 4.41. The third-order valence-corrected chi connectivity index (χ3v) is 1.14. The zero-order valence-electron chi connectivity index (χ0n) is 4.41. The summed E-state index contributed by atoms with van der Waals surface area (Å²) in [5.74, 6) is 0. The van der Waals surface area contributed by atoms with Gasteiger partial charge < -0.3 is 5.32 Å². The molecular weight excluding hydrogens is 88.1 g/mol. The summed E-state index contributed by atoms with van der Waals surface area (Å²) in [5, 5.41) is 3.22. The molecule has 0 unspecified atom stereocenters. The summed E-state index contributed by atoms with van der Waals surface area (Å²) in [6, 6.07) is 0.783. The van der Waals surface area contributed by atoms with Gasteiger partial charge in [-0.15, -0.1) is 0 Å². The van der Waals surface area contributed by atoms with Gasteiger partial charge in [0.25, 0.3) is 0 Å². The molecule has 0 atom stereocenters. The van der Waals surface area contributed by atoms with Crippen LogP contribution in [0.4, 0.5) is 0 Å². The first kappa shape index (κ1) is 5.06. The van der Waals surface area contributed by atoms with Gasteiger partial charge in [-0.3, -0.25) is 5.73 Å². The van der Waals surface area contributed by atoms with Crippen LogP contribution >= 0.6 is 0 Å². The first-order valence-electron chi connectivity index (χ1n) is 2.81. The number of hydrogen-bond donors (Lipinski definition) is 1. The Morgan fingerprint density at radius 2 is 2.29 bits per heavy atom. The van der Waals surface area contributed by atoms with Crippen LogP contribution in [0.25, 0.3) is 0 Å². The van der Waals surface area contributed by atoms with Crippen LogP contribution in [0.3, 0.4) is 0 Å². The normalized spacial score (nSPS) is 20.1. The third kappa shape index (κ3) is 1.90. The highest BCUT2D eigenvalue weighted by atomic mass is 15.0. The smallest absolute Gasteiger partial charge is 0.0225 e. The third-order valence-electron chi connectivity index (χ3n) is 1.14. The lowest BCUT2D eigenvalue weighted by molar-refractivity contribution is 0.684. The number of rotatable bonds is 3. The lowest BCUT2D eigenvalue weighted by Crippen LogP contribution is -2.20. The molecular formula is C5H11N2. The van der Waals surface area contributed by atoms with E-state index in [2.05, 4.69) is 5.32 Å². The molecule has 1 rings (SSSR count). The molecule has 0 aliphatic heterocycles. The Hall–Kier alpha value is -0.0800. The fraction of sp³-hybridized carbons (Fsp3) is 1.00. The molecule has 2 heteroatoms. The standard InChI is InChI=1S/C5H11N2/c6-3-4-7-5-1-2-5/h5-7H,1-4H2. The molecule has 1 radical (unpaired) electrons. The van der Waals surface area contributed by atoms with Crippen molar-refractivity contribution in [3.63, 3.8) is 0 Å². The molecule has 0 amide bonds. The molecule has 0 bridgehead atoms. The van der Waals surface area contributed by atoms with Crippen LogP contribution in [0.15, 0.2) is 0 Å². The molecule has 0 aromatic rings. The Morgan fingerprint density at radius 1 is 1.57 bits per heavy atom. The fourth-order valence-electron chi connectivity index (χ4n) is 0.564. The average molecular weight is 99.2 g/mol. The maximum Gasteiger partial charge on any atom is 0.0225 e. The van der Waals surface area contributed by atoms with E-state index in [0.717, 1.165) is 12.6 Å².